The second kappa shape index (κ2) is 7.48. The molecule has 0 saturated heterocycles. The molecule has 2 N–H and O–H groups in total. The standard InChI is InChI=1S/C16H22Cl2N2O/c1-20(10-11-6-7-14(17)15(18)8-11)16(21)13-5-3-2-4-12(13)9-19/h6-8,12-13H,2-5,9-10,19H2,1H3. The van der Waals surface area contributed by atoms with E-state index >= 15 is 0 Å². The van der Waals surface area contributed by atoms with Crippen molar-refractivity contribution in [1.82, 2.24) is 4.90 Å². The molecule has 21 heavy (non-hydrogen) atoms. The molecule has 1 fully saturated rings. The van der Waals surface area contributed by atoms with Crippen LogP contribution in [0.4, 0.5) is 0 Å². The second-order valence-electron chi connectivity index (χ2n) is 5.83. The van der Waals surface area contributed by atoms with Crippen molar-refractivity contribution in [2.75, 3.05) is 13.6 Å². The zero-order valence-electron chi connectivity index (χ0n) is 12.3. The van der Waals surface area contributed by atoms with Gasteiger partial charge in [0.1, 0.15) is 0 Å². The Morgan fingerprint density at radius 3 is 2.67 bits per heavy atom. The molecule has 0 aromatic heterocycles. The first-order valence-electron chi connectivity index (χ1n) is 7.42. The SMILES string of the molecule is CN(Cc1ccc(Cl)c(Cl)c1)C(=O)C1CCCCC1CN. The summed E-state index contributed by atoms with van der Waals surface area (Å²) in [7, 11) is 1.84. The highest BCUT2D eigenvalue weighted by Gasteiger charge is 2.31. The van der Waals surface area contributed by atoms with Crippen LogP contribution in [0, 0.1) is 11.8 Å². The molecular weight excluding hydrogens is 307 g/mol. The van der Waals surface area contributed by atoms with Crippen LogP contribution >= 0.6 is 23.2 Å². The van der Waals surface area contributed by atoms with E-state index in [9.17, 15) is 4.79 Å². The highest BCUT2D eigenvalue weighted by atomic mass is 35.5. The molecule has 3 nitrogen and oxygen atoms in total. The van der Waals surface area contributed by atoms with E-state index in [2.05, 4.69) is 0 Å². The molecule has 2 unspecified atom stereocenters. The highest BCUT2D eigenvalue weighted by molar-refractivity contribution is 6.42. The van der Waals surface area contributed by atoms with Crippen LogP contribution in [0.25, 0.3) is 0 Å². The Kier molecular flexibility index (Phi) is 5.91. The van der Waals surface area contributed by atoms with Gasteiger partial charge in [0.05, 0.1) is 10.0 Å². The fourth-order valence-corrected chi connectivity index (χ4v) is 3.41. The van der Waals surface area contributed by atoms with Crippen LogP contribution in [-0.4, -0.2) is 24.4 Å². The van der Waals surface area contributed by atoms with Gasteiger partial charge in [0.2, 0.25) is 5.91 Å². The largest absolute Gasteiger partial charge is 0.341 e. The lowest BCUT2D eigenvalue weighted by molar-refractivity contribution is -0.137. The van der Waals surface area contributed by atoms with Crippen molar-refractivity contribution in [3.05, 3.63) is 33.8 Å². The van der Waals surface area contributed by atoms with E-state index in [1.165, 1.54) is 6.42 Å². The van der Waals surface area contributed by atoms with Crippen molar-refractivity contribution in [2.24, 2.45) is 17.6 Å². The Bertz CT molecular complexity index is 507. The molecule has 0 spiro atoms. The van der Waals surface area contributed by atoms with Crippen molar-refractivity contribution < 1.29 is 4.79 Å². The van der Waals surface area contributed by atoms with E-state index < -0.39 is 0 Å². The molecule has 1 amide bonds. The molecule has 1 aromatic carbocycles. The monoisotopic (exact) mass is 328 g/mol. The summed E-state index contributed by atoms with van der Waals surface area (Å²) in [5.41, 5.74) is 6.80. The normalized spacial score (nSPS) is 22.1. The summed E-state index contributed by atoms with van der Waals surface area (Å²) in [4.78, 5) is 14.4. The lowest BCUT2D eigenvalue weighted by Gasteiger charge is -2.32. The number of nitrogens with zero attached hydrogens (tertiary/aromatic N) is 1. The number of nitrogens with two attached hydrogens (primary N) is 1. The Morgan fingerprint density at radius 2 is 2.00 bits per heavy atom. The van der Waals surface area contributed by atoms with Crippen molar-refractivity contribution in [1.29, 1.82) is 0 Å². The summed E-state index contributed by atoms with van der Waals surface area (Å²) in [6.45, 7) is 1.14. The third-order valence-electron chi connectivity index (χ3n) is 4.31. The Labute approximate surface area is 136 Å². The van der Waals surface area contributed by atoms with Gasteiger partial charge in [0.15, 0.2) is 0 Å². The van der Waals surface area contributed by atoms with Gasteiger partial charge in [0, 0.05) is 19.5 Å². The zero-order chi connectivity index (χ0) is 15.4. The number of carbonyl (C=O) groups excluding carboxylic acids is 1. The number of hydrogen-bond acceptors (Lipinski definition) is 2. The van der Waals surface area contributed by atoms with Crippen LogP contribution in [0.3, 0.4) is 0 Å². The first-order valence-corrected chi connectivity index (χ1v) is 8.17. The van der Waals surface area contributed by atoms with Gasteiger partial charge in [-0.1, -0.05) is 42.1 Å². The van der Waals surface area contributed by atoms with Gasteiger partial charge in [0.25, 0.3) is 0 Å². The van der Waals surface area contributed by atoms with Crippen molar-refractivity contribution in [2.45, 2.75) is 32.2 Å². The van der Waals surface area contributed by atoms with Crippen LogP contribution in [0.5, 0.6) is 0 Å². The molecule has 116 valence electrons. The fraction of sp³-hybridized carbons (Fsp3) is 0.562. The van der Waals surface area contributed by atoms with Crippen molar-refractivity contribution in [3.63, 3.8) is 0 Å². The molecule has 2 atom stereocenters. The van der Waals surface area contributed by atoms with Gasteiger partial charge in [-0.25, -0.2) is 0 Å². The van der Waals surface area contributed by atoms with Gasteiger partial charge in [-0.05, 0) is 43.0 Å². The van der Waals surface area contributed by atoms with Crippen molar-refractivity contribution >= 4 is 29.1 Å². The summed E-state index contributed by atoms with van der Waals surface area (Å²) >= 11 is 11.9. The van der Waals surface area contributed by atoms with Gasteiger partial charge in [-0.15, -0.1) is 0 Å². The molecule has 1 aliphatic rings. The smallest absolute Gasteiger partial charge is 0.226 e. The first kappa shape index (κ1) is 16.6. The van der Waals surface area contributed by atoms with E-state index in [0.29, 0.717) is 29.1 Å². The van der Waals surface area contributed by atoms with E-state index in [-0.39, 0.29) is 11.8 Å². The van der Waals surface area contributed by atoms with Crippen LogP contribution in [-0.2, 0) is 11.3 Å². The predicted octanol–water partition coefficient (Wildman–Crippen LogP) is 3.72. The number of carbonyl (C=O) groups is 1. The summed E-state index contributed by atoms with van der Waals surface area (Å²) in [5.74, 6) is 0.579. The maximum Gasteiger partial charge on any atom is 0.226 e. The number of halogens is 2. The molecule has 1 aromatic rings. The van der Waals surface area contributed by atoms with Gasteiger partial charge >= 0.3 is 0 Å². The van der Waals surface area contributed by atoms with Gasteiger partial charge in [-0.3, -0.25) is 4.79 Å². The lowest BCUT2D eigenvalue weighted by atomic mass is 9.78. The molecule has 1 saturated carbocycles. The zero-order valence-corrected chi connectivity index (χ0v) is 13.8. The van der Waals surface area contributed by atoms with Crippen LogP contribution < -0.4 is 5.73 Å². The topological polar surface area (TPSA) is 46.3 Å². The number of amides is 1. The minimum atomic E-state index is 0.0662. The third-order valence-corrected chi connectivity index (χ3v) is 5.05. The molecule has 0 aliphatic heterocycles. The summed E-state index contributed by atoms with van der Waals surface area (Å²) in [5, 5.41) is 1.05. The quantitative estimate of drug-likeness (QED) is 0.915. The Hall–Kier alpha value is -0.770. The van der Waals surface area contributed by atoms with E-state index in [0.717, 1.165) is 24.8 Å². The molecule has 1 aliphatic carbocycles. The number of rotatable bonds is 4. The molecule has 2 rings (SSSR count). The molecule has 0 heterocycles. The third kappa shape index (κ3) is 4.12. The van der Waals surface area contributed by atoms with Crippen LogP contribution in [0.1, 0.15) is 31.2 Å². The maximum absolute atomic E-state index is 12.6. The lowest BCUT2D eigenvalue weighted by Crippen LogP contribution is -2.40. The van der Waals surface area contributed by atoms with Gasteiger partial charge < -0.3 is 10.6 Å². The second-order valence-corrected chi connectivity index (χ2v) is 6.64. The average molecular weight is 329 g/mol. The highest BCUT2D eigenvalue weighted by Crippen LogP contribution is 2.31. The predicted molar refractivity (Wildman–Crippen MR) is 87.4 cm³/mol. The number of benzene rings is 1. The van der Waals surface area contributed by atoms with E-state index in [1.807, 2.05) is 19.2 Å². The molecule has 0 bridgehead atoms. The molecule has 0 radical (unpaired) electrons. The first-order chi connectivity index (χ1) is 10.0. The summed E-state index contributed by atoms with van der Waals surface area (Å²) in [6, 6.07) is 5.48. The van der Waals surface area contributed by atoms with E-state index in [1.54, 1.807) is 11.0 Å². The summed E-state index contributed by atoms with van der Waals surface area (Å²) < 4.78 is 0. The Morgan fingerprint density at radius 1 is 1.29 bits per heavy atom. The maximum atomic E-state index is 12.6. The Balaban J connectivity index is 2.02. The summed E-state index contributed by atoms with van der Waals surface area (Å²) in [6.07, 6.45) is 4.32. The van der Waals surface area contributed by atoms with Crippen LogP contribution in [0.2, 0.25) is 10.0 Å². The fourth-order valence-electron chi connectivity index (χ4n) is 3.09. The molecule has 5 heteroatoms. The van der Waals surface area contributed by atoms with Crippen molar-refractivity contribution in [3.8, 4) is 0 Å². The minimum Gasteiger partial charge on any atom is -0.341 e. The molecular formula is C16H22Cl2N2O. The number of hydrogen-bond donors (Lipinski definition) is 1. The average Bonchev–Trinajstić information content (AvgIpc) is 2.50. The van der Waals surface area contributed by atoms with Crippen LogP contribution in [0.15, 0.2) is 18.2 Å². The minimum absolute atomic E-state index is 0.0662. The van der Waals surface area contributed by atoms with Gasteiger partial charge in [-0.2, -0.15) is 0 Å². The van der Waals surface area contributed by atoms with E-state index in [4.69, 9.17) is 28.9 Å².